The molecule has 1 heterocycles. The third-order valence-corrected chi connectivity index (χ3v) is 5.90. The number of rotatable bonds is 4. The molecule has 4 rings (SSSR count). The molecule has 0 bridgehead atoms. The number of carbonyl (C=O) groups excluding carboxylic acids is 2. The zero-order valence-electron chi connectivity index (χ0n) is 16.8. The van der Waals surface area contributed by atoms with E-state index in [1.807, 2.05) is 47.4 Å². The second kappa shape index (κ2) is 9.12. The van der Waals surface area contributed by atoms with Crippen molar-refractivity contribution in [2.24, 2.45) is 0 Å². The molecule has 1 fully saturated rings. The van der Waals surface area contributed by atoms with Crippen LogP contribution in [-0.2, 0) is 17.6 Å². The van der Waals surface area contributed by atoms with Gasteiger partial charge in [-0.3, -0.25) is 9.69 Å². The predicted molar refractivity (Wildman–Crippen MR) is 116 cm³/mol. The molecule has 2 aromatic carbocycles. The normalized spacial score (nSPS) is 16.8. The first-order chi connectivity index (χ1) is 14.2. The summed E-state index contributed by atoms with van der Waals surface area (Å²) in [5.74, 6) is 0.0786. The van der Waals surface area contributed by atoms with Gasteiger partial charge in [-0.2, -0.15) is 0 Å². The van der Waals surface area contributed by atoms with Crippen molar-refractivity contribution in [3.63, 3.8) is 0 Å². The zero-order valence-corrected chi connectivity index (χ0v) is 16.8. The van der Waals surface area contributed by atoms with Crippen LogP contribution >= 0.6 is 0 Å². The number of para-hydroxylation sites is 1. The summed E-state index contributed by atoms with van der Waals surface area (Å²) in [6.07, 6.45) is 8.09. The van der Waals surface area contributed by atoms with Crippen molar-refractivity contribution in [3.05, 3.63) is 59.7 Å². The summed E-state index contributed by atoms with van der Waals surface area (Å²) in [7, 11) is 0. The van der Waals surface area contributed by atoms with Crippen LogP contribution in [-0.4, -0.2) is 24.5 Å². The molecule has 152 valence electrons. The maximum Gasteiger partial charge on any atom is 0.326 e. The molecular formula is C24H29N3O2. The van der Waals surface area contributed by atoms with Crippen LogP contribution in [0.4, 0.5) is 16.2 Å². The molecule has 2 aliphatic rings. The van der Waals surface area contributed by atoms with Gasteiger partial charge in [0.15, 0.2) is 0 Å². The fourth-order valence-electron chi connectivity index (χ4n) is 4.33. The zero-order chi connectivity index (χ0) is 20.1. The molecule has 0 aromatic heterocycles. The van der Waals surface area contributed by atoms with Crippen molar-refractivity contribution in [3.8, 4) is 0 Å². The van der Waals surface area contributed by atoms with Gasteiger partial charge in [0, 0.05) is 24.0 Å². The molecule has 0 radical (unpaired) electrons. The summed E-state index contributed by atoms with van der Waals surface area (Å²) in [5.41, 5.74) is 3.93. The lowest BCUT2D eigenvalue weighted by Crippen LogP contribution is -2.35. The lowest BCUT2D eigenvalue weighted by atomic mass is 10.1. The summed E-state index contributed by atoms with van der Waals surface area (Å²) >= 11 is 0. The van der Waals surface area contributed by atoms with Gasteiger partial charge in [0.25, 0.3) is 0 Å². The monoisotopic (exact) mass is 391 g/mol. The van der Waals surface area contributed by atoms with Gasteiger partial charge in [0.1, 0.15) is 0 Å². The maximum absolute atomic E-state index is 12.9. The molecule has 0 atom stereocenters. The number of benzene rings is 2. The van der Waals surface area contributed by atoms with Crippen LogP contribution in [0.15, 0.2) is 48.5 Å². The summed E-state index contributed by atoms with van der Waals surface area (Å²) in [5, 5.41) is 6.12. The van der Waals surface area contributed by atoms with Crippen molar-refractivity contribution < 1.29 is 9.59 Å². The molecule has 29 heavy (non-hydrogen) atoms. The Kier molecular flexibility index (Phi) is 6.13. The average Bonchev–Trinajstić information content (AvgIpc) is 3.13. The molecule has 5 heteroatoms. The molecular weight excluding hydrogens is 362 g/mol. The Labute approximate surface area is 172 Å². The van der Waals surface area contributed by atoms with E-state index in [0.29, 0.717) is 12.5 Å². The Balaban J connectivity index is 1.36. The molecule has 3 amide bonds. The van der Waals surface area contributed by atoms with Gasteiger partial charge >= 0.3 is 6.03 Å². The third kappa shape index (κ3) is 4.97. The first-order valence-corrected chi connectivity index (χ1v) is 10.7. The fraction of sp³-hybridized carbons (Fsp3) is 0.417. The number of hydrogen-bond acceptors (Lipinski definition) is 2. The molecule has 0 spiro atoms. The minimum atomic E-state index is -0.105. The van der Waals surface area contributed by atoms with Crippen molar-refractivity contribution in [1.82, 2.24) is 5.32 Å². The van der Waals surface area contributed by atoms with Crippen LogP contribution in [0.5, 0.6) is 0 Å². The first kappa shape index (κ1) is 19.5. The van der Waals surface area contributed by atoms with Crippen molar-refractivity contribution >= 4 is 23.3 Å². The van der Waals surface area contributed by atoms with Crippen LogP contribution in [0.25, 0.3) is 0 Å². The fourth-order valence-corrected chi connectivity index (χ4v) is 4.33. The highest BCUT2D eigenvalue weighted by molar-refractivity contribution is 6.02. The molecule has 0 saturated heterocycles. The van der Waals surface area contributed by atoms with Gasteiger partial charge in [-0.1, -0.05) is 43.2 Å². The minimum absolute atomic E-state index is 0.0786. The van der Waals surface area contributed by atoms with Crippen LogP contribution in [0.1, 0.15) is 49.7 Å². The van der Waals surface area contributed by atoms with E-state index >= 15 is 0 Å². The van der Waals surface area contributed by atoms with Crippen molar-refractivity contribution in [2.75, 3.05) is 16.8 Å². The summed E-state index contributed by atoms with van der Waals surface area (Å²) < 4.78 is 0. The molecule has 1 saturated carbocycles. The highest BCUT2D eigenvalue weighted by atomic mass is 16.2. The standard InChI is InChI=1S/C24H29N3O2/c28-23(25-20-9-2-3-10-20)17-18-12-14-21(15-13-18)26-24(29)27-16-6-5-8-19-7-1-4-11-22(19)27/h1,4,7,11-15,20H,2-3,5-6,8-10,16-17H2,(H,25,28)(H,26,29). The average molecular weight is 392 g/mol. The summed E-state index contributed by atoms with van der Waals surface area (Å²) in [6, 6.07) is 16.0. The van der Waals surface area contributed by atoms with Crippen LogP contribution in [0.3, 0.4) is 0 Å². The van der Waals surface area contributed by atoms with Gasteiger partial charge < -0.3 is 10.6 Å². The number of urea groups is 1. The van der Waals surface area contributed by atoms with Crippen LogP contribution < -0.4 is 15.5 Å². The van der Waals surface area contributed by atoms with E-state index in [2.05, 4.69) is 16.7 Å². The SMILES string of the molecule is O=C(Cc1ccc(NC(=O)N2CCCCc3ccccc32)cc1)NC1CCCC1. The van der Waals surface area contributed by atoms with Gasteiger partial charge in [0.2, 0.25) is 5.91 Å². The number of hydrogen-bond donors (Lipinski definition) is 2. The van der Waals surface area contributed by atoms with Gasteiger partial charge in [-0.25, -0.2) is 4.79 Å². The molecule has 2 aromatic rings. The number of nitrogens with one attached hydrogen (secondary N) is 2. The summed E-state index contributed by atoms with van der Waals surface area (Å²) in [6.45, 7) is 0.724. The molecule has 2 N–H and O–H groups in total. The highest BCUT2D eigenvalue weighted by Crippen LogP contribution is 2.27. The van der Waals surface area contributed by atoms with Crippen LogP contribution in [0.2, 0.25) is 0 Å². The Bertz CT molecular complexity index is 857. The topological polar surface area (TPSA) is 61.4 Å². The van der Waals surface area contributed by atoms with E-state index in [0.717, 1.165) is 55.6 Å². The van der Waals surface area contributed by atoms with E-state index in [-0.39, 0.29) is 11.9 Å². The lowest BCUT2D eigenvalue weighted by molar-refractivity contribution is -0.121. The highest BCUT2D eigenvalue weighted by Gasteiger charge is 2.21. The number of amides is 3. The Morgan fingerprint density at radius 2 is 1.69 bits per heavy atom. The van der Waals surface area contributed by atoms with Crippen molar-refractivity contribution in [1.29, 1.82) is 0 Å². The quantitative estimate of drug-likeness (QED) is 0.796. The predicted octanol–water partition coefficient (Wildman–Crippen LogP) is 4.66. The molecule has 0 unspecified atom stereocenters. The van der Waals surface area contributed by atoms with Gasteiger partial charge in [-0.15, -0.1) is 0 Å². The minimum Gasteiger partial charge on any atom is -0.353 e. The number of aryl methyl sites for hydroxylation is 1. The van der Waals surface area contributed by atoms with E-state index in [4.69, 9.17) is 0 Å². The van der Waals surface area contributed by atoms with E-state index in [1.165, 1.54) is 18.4 Å². The largest absolute Gasteiger partial charge is 0.353 e. The van der Waals surface area contributed by atoms with Gasteiger partial charge in [-0.05, 0) is 61.4 Å². The second-order valence-corrected chi connectivity index (χ2v) is 8.09. The molecule has 1 aliphatic carbocycles. The number of carbonyl (C=O) groups is 2. The summed E-state index contributed by atoms with van der Waals surface area (Å²) in [4.78, 5) is 26.9. The van der Waals surface area contributed by atoms with E-state index in [9.17, 15) is 9.59 Å². The second-order valence-electron chi connectivity index (χ2n) is 8.09. The van der Waals surface area contributed by atoms with Crippen molar-refractivity contribution in [2.45, 2.75) is 57.4 Å². The Morgan fingerprint density at radius 3 is 2.48 bits per heavy atom. The third-order valence-electron chi connectivity index (χ3n) is 5.90. The number of fused-ring (bicyclic) bond motifs is 1. The molecule has 1 aliphatic heterocycles. The van der Waals surface area contributed by atoms with E-state index in [1.54, 1.807) is 0 Å². The maximum atomic E-state index is 12.9. The first-order valence-electron chi connectivity index (χ1n) is 10.7. The number of nitrogens with zero attached hydrogens (tertiary/aromatic N) is 1. The lowest BCUT2D eigenvalue weighted by Gasteiger charge is -2.23. The Hall–Kier alpha value is -2.82. The Morgan fingerprint density at radius 1 is 0.931 bits per heavy atom. The van der Waals surface area contributed by atoms with E-state index < -0.39 is 0 Å². The van der Waals surface area contributed by atoms with Gasteiger partial charge in [0.05, 0.1) is 6.42 Å². The number of anilines is 2. The smallest absolute Gasteiger partial charge is 0.326 e. The van der Waals surface area contributed by atoms with Crippen LogP contribution in [0, 0.1) is 0 Å². The molecule has 5 nitrogen and oxygen atoms in total.